The van der Waals surface area contributed by atoms with E-state index in [1.165, 1.54) is 71.7 Å². The molecule has 0 heterocycles. The van der Waals surface area contributed by atoms with Crippen molar-refractivity contribution in [1.29, 1.82) is 0 Å². The van der Waals surface area contributed by atoms with E-state index in [0.29, 0.717) is 0 Å². The third-order valence-electron chi connectivity index (χ3n) is 10.2. The lowest BCUT2D eigenvalue weighted by Gasteiger charge is -2.29. The molecule has 1 aliphatic carbocycles. The van der Waals surface area contributed by atoms with E-state index < -0.39 is 0 Å². The highest BCUT2D eigenvalue weighted by molar-refractivity contribution is 6.08. The van der Waals surface area contributed by atoms with E-state index in [1.807, 2.05) is 0 Å². The number of rotatable bonds is 5. The molecule has 1 heteroatoms. The predicted octanol–water partition coefficient (Wildman–Crippen LogP) is 13.1. The first kappa shape index (κ1) is 28.3. The zero-order valence-electron chi connectivity index (χ0n) is 27.2. The summed E-state index contributed by atoms with van der Waals surface area (Å²) in [5, 5.41) is 5.09. The Balaban J connectivity index is 1.35. The van der Waals surface area contributed by atoms with E-state index in [1.54, 1.807) is 0 Å². The van der Waals surface area contributed by atoms with Gasteiger partial charge in [-0.1, -0.05) is 153 Å². The van der Waals surface area contributed by atoms with Gasteiger partial charge in [-0.05, 0) is 96.9 Å². The second kappa shape index (κ2) is 11.1. The van der Waals surface area contributed by atoms with Gasteiger partial charge in [-0.3, -0.25) is 0 Å². The molecule has 0 aliphatic heterocycles. The molecule has 0 atom stereocenters. The Labute approximate surface area is 282 Å². The van der Waals surface area contributed by atoms with Crippen molar-refractivity contribution in [2.45, 2.75) is 19.3 Å². The van der Waals surface area contributed by atoms with Gasteiger partial charge in [0.25, 0.3) is 0 Å². The Morgan fingerprint density at radius 1 is 0.417 bits per heavy atom. The minimum absolute atomic E-state index is 0.184. The summed E-state index contributed by atoms with van der Waals surface area (Å²) in [5.41, 5.74) is 13.6. The number of fused-ring (bicyclic) bond motifs is 6. The fourth-order valence-corrected chi connectivity index (χ4v) is 7.97. The van der Waals surface area contributed by atoms with Crippen molar-refractivity contribution < 1.29 is 0 Å². The maximum absolute atomic E-state index is 2.47. The fraction of sp³-hybridized carbons (Fsp3) is 0.0638. The number of nitrogens with zero attached hydrogens (tertiary/aromatic N) is 1. The molecule has 0 bridgehead atoms. The van der Waals surface area contributed by atoms with Crippen LogP contribution < -0.4 is 4.90 Å². The molecule has 8 aromatic carbocycles. The lowest BCUT2D eigenvalue weighted by atomic mass is 9.79. The molecule has 0 N–H and O–H groups in total. The molecule has 0 amide bonds. The number of anilines is 3. The van der Waals surface area contributed by atoms with Gasteiger partial charge >= 0.3 is 0 Å². The molecule has 0 radical (unpaired) electrons. The van der Waals surface area contributed by atoms with Crippen LogP contribution in [0.1, 0.15) is 25.0 Å². The van der Waals surface area contributed by atoms with Gasteiger partial charge in [0.1, 0.15) is 0 Å². The Bertz CT molecular complexity index is 2470. The quantitative estimate of drug-likeness (QED) is 0.187. The Morgan fingerprint density at radius 2 is 1.04 bits per heavy atom. The van der Waals surface area contributed by atoms with Crippen LogP contribution in [-0.2, 0) is 5.41 Å². The molecule has 0 saturated heterocycles. The van der Waals surface area contributed by atoms with Gasteiger partial charge in [0, 0.05) is 22.4 Å². The Kier molecular flexibility index (Phi) is 6.55. The highest BCUT2D eigenvalue weighted by Crippen LogP contribution is 2.57. The second-order valence-corrected chi connectivity index (χ2v) is 13.4. The fourth-order valence-electron chi connectivity index (χ4n) is 7.97. The molecule has 228 valence electrons. The number of hydrogen-bond acceptors (Lipinski definition) is 1. The van der Waals surface area contributed by atoms with E-state index in [4.69, 9.17) is 0 Å². The van der Waals surface area contributed by atoms with Crippen LogP contribution in [0.3, 0.4) is 0 Å². The summed E-state index contributed by atoms with van der Waals surface area (Å²) >= 11 is 0. The normalized spacial score (nSPS) is 13.0. The summed E-state index contributed by atoms with van der Waals surface area (Å²) in [7, 11) is 0. The van der Waals surface area contributed by atoms with Crippen LogP contribution in [0.5, 0.6) is 0 Å². The summed E-state index contributed by atoms with van der Waals surface area (Å²) in [5.74, 6) is 0. The summed E-state index contributed by atoms with van der Waals surface area (Å²) in [6, 6.07) is 64.3. The zero-order chi connectivity index (χ0) is 32.2. The second-order valence-electron chi connectivity index (χ2n) is 13.4. The maximum Gasteiger partial charge on any atom is 0.0543 e. The largest absolute Gasteiger partial charge is 0.310 e. The third kappa shape index (κ3) is 4.47. The molecule has 1 aliphatic rings. The van der Waals surface area contributed by atoms with Crippen LogP contribution in [-0.4, -0.2) is 0 Å². The summed E-state index contributed by atoms with van der Waals surface area (Å²) < 4.78 is 0. The standard InChI is InChI=1S/C47H35N/c1-47(2)43-25-14-26-44(45(43)42-31-41(34-18-7-4-8-19-34)39-23-11-12-24-40(39)46(42)47)48(38-28-27-33-17-9-10-20-35(33)30-38)37-22-13-21-36(29-37)32-15-5-3-6-16-32/h3-31H,1-2H3. The van der Waals surface area contributed by atoms with Gasteiger partial charge in [0.05, 0.1) is 5.69 Å². The molecule has 0 saturated carbocycles. The summed E-state index contributed by atoms with van der Waals surface area (Å²) in [6.07, 6.45) is 0. The Morgan fingerprint density at radius 3 is 1.83 bits per heavy atom. The lowest BCUT2D eigenvalue weighted by molar-refractivity contribution is 0.666. The smallest absolute Gasteiger partial charge is 0.0543 e. The van der Waals surface area contributed by atoms with Crippen LogP contribution in [0, 0.1) is 0 Å². The SMILES string of the molecule is CC1(C)c2cccc(N(c3cccc(-c4ccccc4)c3)c3ccc4ccccc4c3)c2-c2cc(-c3ccccc3)c3ccccc3c21. The van der Waals surface area contributed by atoms with E-state index in [9.17, 15) is 0 Å². The van der Waals surface area contributed by atoms with Crippen LogP contribution in [0.4, 0.5) is 17.1 Å². The van der Waals surface area contributed by atoms with E-state index in [-0.39, 0.29) is 5.41 Å². The first-order valence-electron chi connectivity index (χ1n) is 16.8. The highest BCUT2D eigenvalue weighted by Gasteiger charge is 2.40. The Hall–Kier alpha value is -5.92. The monoisotopic (exact) mass is 613 g/mol. The van der Waals surface area contributed by atoms with Crippen molar-refractivity contribution in [3.05, 3.63) is 187 Å². The van der Waals surface area contributed by atoms with Gasteiger partial charge in [0.2, 0.25) is 0 Å². The van der Waals surface area contributed by atoms with Gasteiger partial charge in [-0.15, -0.1) is 0 Å². The van der Waals surface area contributed by atoms with Gasteiger partial charge in [-0.25, -0.2) is 0 Å². The molecule has 8 aromatic rings. The molecule has 1 nitrogen and oxygen atoms in total. The molecule has 0 spiro atoms. The molecule has 0 unspecified atom stereocenters. The van der Waals surface area contributed by atoms with Crippen molar-refractivity contribution in [2.24, 2.45) is 0 Å². The first-order chi connectivity index (χ1) is 23.6. The molecular formula is C47H35N. The topological polar surface area (TPSA) is 3.24 Å². The summed E-state index contributed by atoms with van der Waals surface area (Å²) in [4.78, 5) is 2.47. The number of hydrogen-bond donors (Lipinski definition) is 0. The van der Waals surface area contributed by atoms with Gasteiger partial charge < -0.3 is 4.90 Å². The van der Waals surface area contributed by atoms with Crippen molar-refractivity contribution in [3.63, 3.8) is 0 Å². The molecule has 0 aromatic heterocycles. The van der Waals surface area contributed by atoms with Gasteiger partial charge in [-0.2, -0.15) is 0 Å². The van der Waals surface area contributed by atoms with Crippen molar-refractivity contribution in [3.8, 4) is 33.4 Å². The summed E-state index contributed by atoms with van der Waals surface area (Å²) in [6.45, 7) is 4.79. The number of benzene rings is 8. The average molecular weight is 614 g/mol. The van der Waals surface area contributed by atoms with E-state index in [0.717, 1.165) is 11.4 Å². The lowest BCUT2D eigenvalue weighted by Crippen LogP contribution is -2.16. The molecular weight excluding hydrogens is 579 g/mol. The van der Waals surface area contributed by atoms with Crippen molar-refractivity contribution in [1.82, 2.24) is 0 Å². The first-order valence-corrected chi connectivity index (χ1v) is 16.8. The maximum atomic E-state index is 2.47. The van der Waals surface area contributed by atoms with Crippen molar-refractivity contribution >= 4 is 38.6 Å². The highest BCUT2D eigenvalue weighted by atomic mass is 15.1. The van der Waals surface area contributed by atoms with E-state index in [2.05, 4.69) is 195 Å². The van der Waals surface area contributed by atoms with Crippen LogP contribution >= 0.6 is 0 Å². The minimum Gasteiger partial charge on any atom is -0.310 e. The minimum atomic E-state index is -0.184. The van der Waals surface area contributed by atoms with Crippen molar-refractivity contribution in [2.75, 3.05) is 4.90 Å². The van der Waals surface area contributed by atoms with Crippen LogP contribution in [0.15, 0.2) is 176 Å². The third-order valence-corrected chi connectivity index (χ3v) is 10.2. The molecule has 48 heavy (non-hydrogen) atoms. The van der Waals surface area contributed by atoms with Crippen LogP contribution in [0.25, 0.3) is 54.9 Å². The van der Waals surface area contributed by atoms with E-state index >= 15 is 0 Å². The average Bonchev–Trinajstić information content (AvgIpc) is 3.38. The van der Waals surface area contributed by atoms with Crippen LogP contribution in [0.2, 0.25) is 0 Å². The predicted molar refractivity (Wildman–Crippen MR) is 205 cm³/mol. The zero-order valence-corrected chi connectivity index (χ0v) is 27.2. The molecule has 0 fully saturated rings. The molecule has 9 rings (SSSR count). The van der Waals surface area contributed by atoms with Gasteiger partial charge in [0.15, 0.2) is 0 Å².